The number of carbonyl (C=O) groups excluding carboxylic acids is 1. The van der Waals surface area contributed by atoms with Gasteiger partial charge in [-0.15, -0.1) is 0 Å². The quantitative estimate of drug-likeness (QED) is 0.369. The molecule has 0 aromatic heterocycles. The zero-order chi connectivity index (χ0) is 14.4. The molecule has 0 saturated heterocycles. The van der Waals surface area contributed by atoms with Crippen molar-refractivity contribution in [3.05, 3.63) is 35.4 Å². The highest BCUT2D eigenvalue weighted by atomic mass is 16.4. The van der Waals surface area contributed by atoms with Gasteiger partial charge in [0.15, 0.2) is 5.84 Å². The molecule has 0 aliphatic rings. The molecule has 0 fully saturated rings. The average molecular weight is 263 g/mol. The highest BCUT2D eigenvalue weighted by molar-refractivity contribution is 6.01. The third-order valence-electron chi connectivity index (χ3n) is 2.86. The zero-order valence-corrected chi connectivity index (χ0v) is 11.6. The summed E-state index contributed by atoms with van der Waals surface area (Å²) in [6.45, 7) is 6.72. The molecule has 0 heterocycles. The molecule has 0 unspecified atom stereocenters. The van der Waals surface area contributed by atoms with E-state index in [4.69, 9.17) is 10.9 Å². The van der Waals surface area contributed by atoms with Crippen LogP contribution in [0.2, 0.25) is 0 Å². The van der Waals surface area contributed by atoms with Crippen molar-refractivity contribution < 1.29 is 10.0 Å². The Morgan fingerprint density at radius 1 is 1.42 bits per heavy atom. The lowest BCUT2D eigenvalue weighted by atomic mass is 10.1. The molecule has 0 aliphatic carbocycles. The Hall–Kier alpha value is -2.04. The second kappa shape index (κ2) is 6.78. The fraction of sp³-hybridized carbons (Fsp3) is 0.429. The monoisotopic (exact) mass is 263 g/mol. The second-order valence-corrected chi connectivity index (χ2v) is 4.66. The number of hydrogen-bond acceptors (Lipinski definition) is 3. The molecule has 3 N–H and O–H groups in total. The van der Waals surface area contributed by atoms with E-state index in [9.17, 15) is 4.79 Å². The largest absolute Gasteiger partial charge is 0.409 e. The highest BCUT2D eigenvalue weighted by Crippen LogP contribution is 2.11. The van der Waals surface area contributed by atoms with E-state index in [1.807, 2.05) is 25.7 Å². The Bertz CT molecular complexity index is 470. The van der Waals surface area contributed by atoms with Crippen molar-refractivity contribution in [3.63, 3.8) is 0 Å². The molecule has 19 heavy (non-hydrogen) atoms. The van der Waals surface area contributed by atoms with Crippen LogP contribution in [0.5, 0.6) is 0 Å². The molecule has 0 saturated carbocycles. The molecule has 0 radical (unpaired) electrons. The van der Waals surface area contributed by atoms with E-state index in [-0.39, 0.29) is 17.8 Å². The molecule has 104 valence electrons. The van der Waals surface area contributed by atoms with E-state index in [2.05, 4.69) is 5.16 Å². The number of hydrogen-bond donors (Lipinski definition) is 2. The standard InChI is InChI=1S/C14H21N3O2/c1-4-8-17(10(2)3)14(18)12-7-5-6-11(9-12)13(15)16-19/h5-7,9-10,19H,4,8H2,1-3H3,(H2,15,16). The summed E-state index contributed by atoms with van der Waals surface area (Å²) >= 11 is 0. The van der Waals surface area contributed by atoms with Crippen molar-refractivity contribution >= 4 is 11.7 Å². The molecule has 1 aromatic carbocycles. The van der Waals surface area contributed by atoms with Crippen LogP contribution in [0.3, 0.4) is 0 Å². The molecular formula is C14H21N3O2. The van der Waals surface area contributed by atoms with E-state index in [1.54, 1.807) is 24.3 Å². The van der Waals surface area contributed by atoms with E-state index < -0.39 is 0 Å². The lowest BCUT2D eigenvalue weighted by Crippen LogP contribution is -2.37. The van der Waals surface area contributed by atoms with Gasteiger partial charge in [0.05, 0.1) is 0 Å². The minimum atomic E-state index is -0.0376. The summed E-state index contributed by atoms with van der Waals surface area (Å²) in [5, 5.41) is 11.6. The van der Waals surface area contributed by atoms with E-state index >= 15 is 0 Å². The van der Waals surface area contributed by atoms with E-state index in [0.29, 0.717) is 17.7 Å². The van der Waals surface area contributed by atoms with Gasteiger partial charge < -0.3 is 15.8 Å². The Kier molecular flexibility index (Phi) is 5.36. The van der Waals surface area contributed by atoms with Gasteiger partial charge in [0.2, 0.25) is 0 Å². The molecule has 1 aromatic rings. The van der Waals surface area contributed by atoms with Crippen LogP contribution in [0.15, 0.2) is 29.4 Å². The number of rotatable bonds is 5. The minimum Gasteiger partial charge on any atom is -0.409 e. The third-order valence-corrected chi connectivity index (χ3v) is 2.86. The first-order chi connectivity index (χ1) is 9.01. The maximum Gasteiger partial charge on any atom is 0.254 e. The topological polar surface area (TPSA) is 78.9 Å². The van der Waals surface area contributed by atoms with Crippen LogP contribution in [0.4, 0.5) is 0 Å². The molecule has 1 rings (SSSR count). The van der Waals surface area contributed by atoms with Crippen molar-refractivity contribution in [1.82, 2.24) is 4.90 Å². The smallest absolute Gasteiger partial charge is 0.254 e. The Morgan fingerprint density at radius 2 is 2.05 bits per heavy atom. The maximum atomic E-state index is 12.4. The maximum absolute atomic E-state index is 12.4. The van der Waals surface area contributed by atoms with Gasteiger partial charge in [0.1, 0.15) is 0 Å². The number of benzene rings is 1. The van der Waals surface area contributed by atoms with Gasteiger partial charge in [-0.05, 0) is 32.4 Å². The van der Waals surface area contributed by atoms with Crippen molar-refractivity contribution in [2.24, 2.45) is 10.9 Å². The summed E-state index contributed by atoms with van der Waals surface area (Å²) in [4.78, 5) is 14.2. The predicted octanol–water partition coefficient (Wildman–Crippen LogP) is 2.04. The van der Waals surface area contributed by atoms with E-state index in [0.717, 1.165) is 6.42 Å². The van der Waals surface area contributed by atoms with Gasteiger partial charge in [-0.25, -0.2) is 0 Å². The van der Waals surface area contributed by atoms with Crippen LogP contribution >= 0.6 is 0 Å². The number of amides is 1. The van der Waals surface area contributed by atoms with Gasteiger partial charge >= 0.3 is 0 Å². The van der Waals surface area contributed by atoms with Crippen LogP contribution in [0, 0.1) is 0 Å². The van der Waals surface area contributed by atoms with Crippen molar-refractivity contribution in [2.45, 2.75) is 33.2 Å². The van der Waals surface area contributed by atoms with Crippen LogP contribution < -0.4 is 5.73 Å². The third kappa shape index (κ3) is 3.71. The van der Waals surface area contributed by atoms with Gasteiger partial charge in [-0.3, -0.25) is 4.79 Å². The Morgan fingerprint density at radius 3 is 2.58 bits per heavy atom. The number of nitrogens with two attached hydrogens (primary N) is 1. The predicted molar refractivity (Wildman–Crippen MR) is 75.4 cm³/mol. The van der Waals surface area contributed by atoms with Gasteiger partial charge in [-0.1, -0.05) is 24.2 Å². The summed E-state index contributed by atoms with van der Waals surface area (Å²) in [7, 11) is 0. The Balaban J connectivity index is 3.05. The van der Waals surface area contributed by atoms with Crippen LogP contribution in [-0.2, 0) is 0 Å². The molecule has 5 heteroatoms. The first-order valence-electron chi connectivity index (χ1n) is 6.40. The lowest BCUT2D eigenvalue weighted by molar-refractivity contribution is 0.0706. The number of amidine groups is 1. The summed E-state index contributed by atoms with van der Waals surface area (Å²) in [6, 6.07) is 6.94. The van der Waals surface area contributed by atoms with Crippen LogP contribution in [-0.4, -0.2) is 34.4 Å². The number of carbonyl (C=O) groups is 1. The van der Waals surface area contributed by atoms with Gasteiger partial charge in [0, 0.05) is 23.7 Å². The van der Waals surface area contributed by atoms with Crippen LogP contribution in [0.25, 0.3) is 0 Å². The minimum absolute atomic E-state index is 0.00115. The number of oxime groups is 1. The molecule has 5 nitrogen and oxygen atoms in total. The highest BCUT2D eigenvalue weighted by Gasteiger charge is 2.18. The lowest BCUT2D eigenvalue weighted by Gasteiger charge is -2.26. The first-order valence-corrected chi connectivity index (χ1v) is 6.40. The van der Waals surface area contributed by atoms with Gasteiger partial charge in [-0.2, -0.15) is 0 Å². The summed E-state index contributed by atoms with van der Waals surface area (Å²) < 4.78 is 0. The summed E-state index contributed by atoms with van der Waals surface area (Å²) in [6.07, 6.45) is 0.907. The van der Waals surface area contributed by atoms with Crippen molar-refractivity contribution in [2.75, 3.05) is 6.54 Å². The fourth-order valence-electron chi connectivity index (χ4n) is 1.87. The number of nitrogens with zero attached hydrogens (tertiary/aromatic N) is 2. The molecular weight excluding hydrogens is 242 g/mol. The molecule has 0 atom stereocenters. The Labute approximate surface area is 113 Å². The molecule has 0 spiro atoms. The van der Waals surface area contributed by atoms with E-state index in [1.165, 1.54) is 0 Å². The summed E-state index contributed by atoms with van der Waals surface area (Å²) in [5.41, 5.74) is 6.62. The zero-order valence-electron chi connectivity index (χ0n) is 11.6. The molecule has 1 amide bonds. The fourth-order valence-corrected chi connectivity index (χ4v) is 1.87. The average Bonchev–Trinajstić information content (AvgIpc) is 2.43. The first kappa shape index (κ1) is 15.0. The van der Waals surface area contributed by atoms with Crippen molar-refractivity contribution in [3.8, 4) is 0 Å². The molecule has 0 aliphatic heterocycles. The second-order valence-electron chi connectivity index (χ2n) is 4.66. The SMILES string of the molecule is CCCN(C(=O)c1cccc(/C(N)=N/O)c1)C(C)C. The van der Waals surface area contributed by atoms with Crippen molar-refractivity contribution in [1.29, 1.82) is 0 Å². The molecule has 0 bridgehead atoms. The van der Waals surface area contributed by atoms with Gasteiger partial charge in [0.25, 0.3) is 5.91 Å². The van der Waals surface area contributed by atoms with Crippen LogP contribution in [0.1, 0.15) is 43.1 Å². The summed E-state index contributed by atoms with van der Waals surface area (Å²) in [5.74, 6) is -0.0364. The normalized spacial score (nSPS) is 11.7.